The zero-order valence-corrected chi connectivity index (χ0v) is 12.2. The average Bonchev–Trinajstić information content (AvgIpc) is 2.89. The fourth-order valence-corrected chi connectivity index (χ4v) is 2.76. The molecular formula is C16H22N4. The monoisotopic (exact) mass is 270 g/mol. The van der Waals surface area contributed by atoms with E-state index in [0.29, 0.717) is 0 Å². The lowest BCUT2D eigenvalue weighted by Gasteiger charge is -2.30. The maximum Gasteiger partial charge on any atom is 0.122 e. The summed E-state index contributed by atoms with van der Waals surface area (Å²) in [6.45, 7) is 8.11. The van der Waals surface area contributed by atoms with Gasteiger partial charge in [0.2, 0.25) is 0 Å². The topological polar surface area (TPSA) is 47.1 Å². The van der Waals surface area contributed by atoms with E-state index in [4.69, 9.17) is 5.73 Å². The normalized spacial score (nSPS) is 16.9. The third-order valence-corrected chi connectivity index (χ3v) is 4.24. The van der Waals surface area contributed by atoms with Crippen molar-refractivity contribution in [3.63, 3.8) is 0 Å². The van der Waals surface area contributed by atoms with Crippen molar-refractivity contribution in [2.24, 2.45) is 5.73 Å². The minimum atomic E-state index is 0.0656. The molecule has 1 aliphatic rings. The van der Waals surface area contributed by atoms with E-state index in [1.165, 1.54) is 16.7 Å². The Morgan fingerprint density at radius 1 is 1.25 bits per heavy atom. The molecule has 0 saturated carbocycles. The number of aromatic nitrogens is 2. The number of nitrogens with two attached hydrogens (primary N) is 1. The molecule has 0 bridgehead atoms. The molecule has 4 nitrogen and oxygen atoms in total. The molecule has 4 heteroatoms. The van der Waals surface area contributed by atoms with E-state index in [0.717, 1.165) is 32.0 Å². The van der Waals surface area contributed by atoms with Crippen molar-refractivity contribution in [2.75, 3.05) is 13.1 Å². The van der Waals surface area contributed by atoms with E-state index in [1.54, 1.807) is 0 Å². The summed E-state index contributed by atoms with van der Waals surface area (Å²) in [7, 11) is 0. The van der Waals surface area contributed by atoms with Crippen molar-refractivity contribution in [1.29, 1.82) is 0 Å². The molecule has 106 valence electrons. The second-order valence-corrected chi connectivity index (χ2v) is 5.72. The molecule has 1 aromatic heterocycles. The summed E-state index contributed by atoms with van der Waals surface area (Å²) >= 11 is 0. The second kappa shape index (κ2) is 5.38. The molecule has 1 aliphatic heterocycles. The van der Waals surface area contributed by atoms with Gasteiger partial charge in [-0.1, -0.05) is 18.2 Å². The number of imidazole rings is 1. The van der Waals surface area contributed by atoms with Gasteiger partial charge in [0, 0.05) is 38.1 Å². The maximum atomic E-state index is 6.37. The predicted molar refractivity (Wildman–Crippen MR) is 80.3 cm³/mol. The van der Waals surface area contributed by atoms with E-state index < -0.39 is 0 Å². The van der Waals surface area contributed by atoms with Crippen molar-refractivity contribution in [3.8, 4) is 0 Å². The van der Waals surface area contributed by atoms with E-state index >= 15 is 0 Å². The Kier molecular flexibility index (Phi) is 3.59. The van der Waals surface area contributed by atoms with Gasteiger partial charge in [-0.05, 0) is 30.5 Å². The molecule has 0 aliphatic carbocycles. The van der Waals surface area contributed by atoms with Gasteiger partial charge in [-0.15, -0.1) is 0 Å². The number of fused-ring (bicyclic) bond motifs is 1. The summed E-state index contributed by atoms with van der Waals surface area (Å²) in [5.74, 6) is 1.14. The second-order valence-electron chi connectivity index (χ2n) is 5.72. The number of rotatable bonds is 3. The Morgan fingerprint density at radius 2 is 2.10 bits per heavy atom. The lowest BCUT2D eigenvalue weighted by atomic mass is 10.0. The molecule has 1 unspecified atom stereocenters. The molecule has 2 N–H and O–H groups in total. The number of hydrogen-bond donors (Lipinski definition) is 1. The summed E-state index contributed by atoms with van der Waals surface area (Å²) in [4.78, 5) is 6.78. The van der Waals surface area contributed by atoms with Crippen LogP contribution >= 0.6 is 0 Å². The van der Waals surface area contributed by atoms with Gasteiger partial charge >= 0.3 is 0 Å². The first-order chi connectivity index (χ1) is 9.63. The zero-order chi connectivity index (χ0) is 14.1. The molecule has 0 fully saturated rings. The summed E-state index contributed by atoms with van der Waals surface area (Å²) < 4.78 is 2.22. The maximum absolute atomic E-state index is 6.37. The Bertz CT molecular complexity index is 602. The molecule has 20 heavy (non-hydrogen) atoms. The highest BCUT2D eigenvalue weighted by Gasteiger charge is 2.19. The average molecular weight is 270 g/mol. The van der Waals surface area contributed by atoms with Crippen molar-refractivity contribution in [1.82, 2.24) is 14.5 Å². The Hall–Kier alpha value is -1.65. The zero-order valence-electron chi connectivity index (χ0n) is 12.2. The molecule has 0 amide bonds. The first kappa shape index (κ1) is 13.3. The predicted octanol–water partition coefficient (Wildman–Crippen LogP) is 2.02. The highest BCUT2D eigenvalue weighted by molar-refractivity contribution is 5.31. The third-order valence-electron chi connectivity index (χ3n) is 4.24. The summed E-state index contributed by atoms with van der Waals surface area (Å²) in [6.07, 6.45) is 3.93. The Labute approximate surface area is 120 Å². The van der Waals surface area contributed by atoms with E-state index in [-0.39, 0.29) is 6.04 Å². The first-order valence-corrected chi connectivity index (χ1v) is 7.18. The largest absolute Gasteiger partial charge is 0.333 e. The van der Waals surface area contributed by atoms with Crippen LogP contribution < -0.4 is 5.73 Å². The SMILES string of the molecule is Cc1ccc(C(N)CN2CCn3ccnc3C2)cc1C. The van der Waals surface area contributed by atoms with Crippen LogP contribution in [0, 0.1) is 13.8 Å². The number of hydrogen-bond acceptors (Lipinski definition) is 3. The van der Waals surface area contributed by atoms with Gasteiger partial charge in [-0.3, -0.25) is 4.90 Å². The van der Waals surface area contributed by atoms with Crippen molar-refractivity contribution >= 4 is 0 Å². The highest BCUT2D eigenvalue weighted by atomic mass is 15.2. The first-order valence-electron chi connectivity index (χ1n) is 7.18. The van der Waals surface area contributed by atoms with Gasteiger partial charge in [-0.2, -0.15) is 0 Å². The van der Waals surface area contributed by atoms with Crippen LogP contribution in [0.1, 0.15) is 28.6 Å². The Morgan fingerprint density at radius 3 is 2.90 bits per heavy atom. The molecular weight excluding hydrogens is 248 g/mol. The summed E-state index contributed by atoms with van der Waals surface area (Å²) in [5.41, 5.74) is 10.2. The number of nitrogens with zero attached hydrogens (tertiary/aromatic N) is 3. The van der Waals surface area contributed by atoms with Crippen molar-refractivity contribution in [3.05, 3.63) is 53.1 Å². The minimum absolute atomic E-state index is 0.0656. The van der Waals surface area contributed by atoms with Crippen LogP contribution in [0.15, 0.2) is 30.6 Å². The standard InChI is InChI=1S/C16H22N4/c1-12-3-4-14(9-13(12)2)15(17)10-19-7-8-20-6-5-18-16(20)11-19/h3-6,9,15H,7-8,10-11,17H2,1-2H3. The minimum Gasteiger partial charge on any atom is -0.333 e. The van der Waals surface area contributed by atoms with Crippen molar-refractivity contribution < 1.29 is 0 Å². The molecule has 0 saturated heterocycles. The molecule has 2 heterocycles. The fraction of sp³-hybridized carbons (Fsp3) is 0.438. The summed E-state index contributed by atoms with van der Waals surface area (Å²) in [6, 6.07) is 6.59. The van der Waals surface area contributed by atoms with Crippen LogP contribution in [0.5, 0.6) is 0 Å². The van der Waals surface area contributed by atoms with E-state index in [9.17, 15) is 0 Å². The lowest BCUT2D eigenvalue weighted by molar-refractivity contribution is 0.205. The molecule has 1 aromatic carbocycles. The lowest BCUT2D eigenvalue weighted by Crippen LogP contribution is -2.38. The number of aryl methyl sites for hydroxylation is 2. The van der Waals surface area contributed by atoms with E-state index in [1.807, 2.05) is 6.20 Å². The molecule has 3 rings (SSSR count). The van der Waals surface area contributed by atoms with Gasteiger partial charge in [-0.25, -0.2) is 4.98 Å². The molecule has 0 radical (unpaired) electrons. The van der Waals surface area contributed by atoms with Gasteiger partial charge in [0.1, 0.15) is 5.82 Å². The van der Waals surface area contributed by atoms with Crippen molar-refractivity contribution in [2.45, 2.75) is 33.0 Å². The Balaban J connectivity index is 1.67. The smallest absolute Gasteiger partial charge is 0.122 e. The van der Waals surface area contributed by atoms with Crippen LogP contribution in [0.25, 0.3) is 0 Å². The molecule has 0 spiro atoms. The number of benzene rings is 1. The van der Waals surface area contributed by atoms with E-state index in [2.05, 4.69) is 52.7 Å². The highest BCUT2D eigenvalue weighted by Crippen LogP contribution is 2.18. The van der Waals surface area contributed by atoms with Crippen LogP contribution in [-0.4, -0.2) is 27.5 Å². The van der Waals surface area contributed by atoms with Crippen LogP contribution in [-0.2, 0) is 13.1 Å². The van der Waals surface area contributed by atoms with Gasteiger partial charge in [0.05, 0.1) is 6.54 Å². The summed E-state index contributed by atoms with van der Waals surface area (Å²) in [5, 5.41) is 0. The fourth-order valence-electron chi connectivity index (χ4n) is 2.76. The third kappa shape index (κ3) is 2.62. The quantitative estimate of drug-likeness (QED) is 0.928. The van der Waals surface area contributed by atoms with Crippen LogP contribution in [0.4, 0.5) is 0 Å². The van der Waals surface area contributed by atoms with Gasteiger partial charge in [0.15, 0.2) is 0 Å². The van der Waals surface area contributed by atoms with Crippen LogP contribution in [0.2, 0.25) is 0 Å². The molecule has 1 atom stereocenters. The van der Waals surface area contributed by atoms with Gasteiger partial charge < -0.3 is 10.3 Å². The molecule has 2 aromatic rings. The van der Waals surface area contributed by atoms with Gasteiger partial charge in [0.25, 0.3) is 0 Å². The van der Waals surface area contributed by atoms with Crippen LogP contribution in [0.3, 0.4) is 0 Å².